The minimum atomic E-state index is 0.492. The molecule has 0 saturated heterocycles. The molecule has 1 unspecified atom stereocenters. The van der Waals surface area contributed by atoms with Crippen LogP contribution in [-0.4, -0.2) is 0 Å². The second-order valence-electron chi connectivity index (χ2n) is 4.82. The lowest BCUT2D eigenvalue weighted by atomic mass is 10.1. The quantitative estimate of drug-likeness (QED) is 0.707. The lowest BCUT2D eigenvalue weighted by Gasteiger charge is -2.01. The fraction of sp³-hybridized carbons (Fsp3) is 0.385. The highest BCUT2D eigenvalue weighted by Gasteiger charge is 2.43. The lowest BCUT2D eigenvalue weighted by molar-refractivity contribution is 0.611. The van der Waals surface area contributed by atoms with E-state index in [4.69, 9.17) is 11.6 Å². The van der Waals surface area contributed by atoms with Crippen molar-refractivity contribution >= 4 is 32.0 Å². The van der Waals surface area contributed by atoms with Crippen molar-refractivity contribution in [2.45, 2.75) is 20.3 Å². The van der Waals surface area contributed by atoms with Crippen LogP contribution in [0, 0.1) is 11.3 Å². The zero-order valence-corrected chi connectivity index (χ0v) is 11.3. The van der Waals surface area contributed by atoms with Crippen LogP contribution in [0.1, 0.15) is 25.8 Å². The molecule has 1 saturated carbocycles. The minimum absolute atomic E-state index is 0.492. The van der Waals surface area contributed by atoms with Crippen LogP contribution >= 0.6 is 27.5 Å². The average molecular weight is 286 g/mol. The summed E-state index contributed by atoms with van der Waals surface area (Å²) >= 11 is 9.47. The molecule has 0 bridgehead atoms. The first-order valence-electron chi connectivity index (χ1n) is 5.12. The first kappa shape index (κ1) is 11.2. The average Bonchev–Trinajstić information content (AvgIpc) is 2.74. The molecular formula is C13H14BrCl. The molecule has 15 heavy (non-hydrogen) atoms. The minimum Gasteiger partial charge on any atom is -0.0843 e. The SMILES string of the molecule is CC1(C)CC1C=C(Br)c1ccc(Cl)cc1. The smallest absolute Gasteiger partial charge is 0.0406 e. The molecule has 1 aliphatic carbocycles. The van der Waals surface area contributed by atoms with Gasteiger partial charge in [0.15, 0.2) is 0 Å². The molecule has 1 aliphatic rings. The van der Waals surface area contributed by atoms with E-state index < -0.39 is 0 Å². The molecule has 80 valence electrons. The van der Waals surface area contributed by atoms with Gasteiger partial charge in [0.25, 0.3) is 0 Å². The van der Waals surface area contributed by atoms with Gasteiger partial charge in [0, 0.05) is 9.51 Å². The summed E-state index contributed by atoms with van der Waals surface area (Å²) in [5.74, 6) is 0.711. The molecule has 0 spiro atoms. The first-order chi connectivity index (χ1) is 6.99. The van der Waals surface area contributed by atoms with E-state index in [1.165, 1.54) is 16.5 Å². The van der Waals surface area contributed by atoms with Crippen LogP contribution in [0.15, 0.2) is 30.3 Å². The van der Waals surface area contributed by atoms with Crippen LogP contribution in [0.25, 0.3) is 4.48 Å². The number of hydrogen-bond donors (Lipinski definition) is 0. The Morgan fingerprint density at radius 3 is 2.40 bits per heavy atom. The van der Waals surface area contributed by atoms with Gasteiger partial charge in [-0.3, -0.25) is 0 Å². The molecule has 0 N–H and O–H groups in total. The maximum Gasteiger partial charge on any atom is 0.0406 e. The Balaban J connectivity index is 2.14. The van der Waals surface area contributed by atoms with Crippen molar-refractivity contribution in [1.82, 2.24) is 0 Å². The van der Waals surface area contributed by atoms with Crippen molar-refractivity contribution in [1.29, 1.82) is 0 Å². The molecule has 1 fully saturated rings. The van der Waals surface area contributed by atoms with E-state index in [2.05, 4.69) is 35.9 Å². The van der Waals surface area contributed by atoms with Gasteiger partial charge < -0.3 is 0 Å². The summed E-state index contributed by atoms with van der Waals surface area (Å²) in [5.41, 5.74) is 1.69. The van der Waals surface area contributed by atoms with Gasteiger partial charge in [0.1, 0.15) is 0 Å². The van der Waals surface area contributed by atoms with E-state index in [1.54, 1.807) is 0 Å². The Hall–Kier alpha value is -0.270. The Kier molecular flexibility index (Phi) is 2.96. The normalized spacial score (nSPS) is 24.0. The Bertz CT molecular complexity index is 390. The zero-order chi connectivity index (χ0) is 11.1. The third-order valence-electron chi connectivity index (χ3n) is 3.06. The van der Waals surface area contributed by atoms with Crippen molar-refractivity contribution in [3.8, 4) is 0 Å². The van der Waals surface area contributed by atoms with Crippen molar-refractivity contribution in [3.63, 3.8) is 0 Å². The summed E-state index contributed by atoms with van der Waals surface area (Å²) in [6.45, 7) is 4.60. The maximum atomic E-state index is 5.84. The van der Waals surface area contributed by atoms with Crippen LogP contribution in [-0.2, 0) is 0 Å². The molecule has 2 heteroatoms. The van der Waals surface area contributed by atoms with Crippen LogP contribution in [0.5, 0.6) is 0 Å². The van der Waals surface area contributed by atoms with Crippen molar-refractivity contribution < 1.29 is 0 Å². The molecule has 2 rings (SSSR count). The fourth-order valence-electron chi connectivity index (χ4n) is 1.67. The summed E-state index contributed by atoms with van der Waals surface area (Å²) in [6, 6.07) is 7.92. The molecule has 0 nitrogen and oxygen atoms in total. The largest absolute Gasteiger partial charge is 0.0843 e. The maximum absolute atomic E-state index is 5.84. The number of allylic oxidation sites excluding steroid dienone is 1. The van der Waals surface area contributed by atoms with Gasteiger partial charge in [-0.05, 0) is 35.4 Å². The number of hydrogen-bond acceptors (Lipinski definition) is 0. The molecule has 0 aliphatic heterocycles. The first-order valence-corrected chi connectivity index (χ1v) is 6.29. The monoisotopic (exact) mass is 284 g/mol. The van der Waals surface area contributed by atoms with Crippen LogP contribution in [0.3, 0.4) is 0 Å². The highest BCUT2D eigenvalue weighted by molar-refractivity contribution is 9.15. The Morgan fingerprint density at radius 2 is 1.93 bits per heavy atom. The molecular weight excluding hydrogens is 272 g/mol. The second-order valence-corrected chi connectivity index (χ2v) is 6.11. The van der Waals surface area contributed by atoms with Gasteiger partial charge in [-0.1, -0.05) is 59.6 Å². The molecule has 0 heterocycles. The predicted octanol–water partition coefficient (Wildman–Crippen LogP) is 5.12. The molecule has 1 aromatic rings. The third-order valence-corrected chi connectivity index (χ3v) is 4.03. The lowest BCUT2D eigenvalue weighted by Crippen LogP contribution is -1.87. The Labute approximate surface area is 104 Å². The summed E-state index contributed by atoms with van der Waals surface area (Å²) in [7, 11) is 0. The summed E-state index contributed by atoms with van der Waals surface area (Å²) in [6.07, 6.45) is 3.60. The van der Waals surface area contributed by atoms with Crippen molar-refractivity contribution in [3.05, 3.63) is 40.9 Å². The van der Waals surface area contributed by atoms with Gasteiger partial charge in [-0.2, -0.15) is 0 Å². The summed E-state index contributed by atoms with van der Waals surface area (Å²) in [4.78, 5) is 0. The Morgan fingerprint density at radius 1 is 1.40 bits per heavy atom. The molecule has 0 radical (unpaired) electrons. The van der Waals surface area contributed by atoms with E-state index >= 15 is 0 Å². The van der Waals surface area contributed by atoms with E-state index in [0.29, 0.717) is 11.3 Å². The fourth-order valence-corrected chi connectivity index (χ4v) is 2.38. The van der Waals surface area contributed by atoms with E-state index in [0.717, 1.165) is 5.02 Å². The third kappa shape index (κ3) is 2.64. The molecule has 1 atom stereocenters. The second kappa shape index (κ2) is 3.95. The van der Waals surface area contributed by atoms with Gasteiger partial charge in [-0.25, -0.2) is 0 Å². The molecule has 0 aromatic heterocycles. The van der Waals surface area contributed by atoms with Crippen molar-refractivity contribution in [2.24, 2.45) is 11.3 Å². The van der Waals surface area contributed by atoms with Gasteiger partial charge in [-0.15, -0.1) is 0 Å². The summed E-state index contributed by atoms with van der Waals surface area (Å²) < 4.78 is 1.18. The topological polar surface area (TPSA) is 0 Å². The van der Waals surface area contributed by atoms with E-state index in [1.807, 2.05) is 24.3 Å². The highest BCUT2D eigenvalue weighted by Crippen LogP contribution is 2.53. The molecule has 0 amide bonds. The van der Waals surface area contributed by atoms with Crippen LogP contribution in [0.2, 0.25) is 5.02 Å². The van der Waals surface area contributed by atoms with Gasteiger partial charge in [0.2, 0.25) is 0 Å². The highest BCUT2D eigenvalue weighted by atomic mass is 79.9. The van der Waals surface area contributed by atoms with Crippen molar-refractivity contribution in [2.75, 3.05) is 0 Å². The van der Waals surface area contributed by atoms with Gasteiger partial charge in [0.05, 0.1) is 0 Å². The van der Waals surface area contributed by atoms with Crippen LogP contribution in [0.4, 0.5) is 0 Å². The standard InChI is InChI=1S/C13H14BrCl/c1-13(2)8-10(13)7-12(14)9-3-5-11(15)6-4-9/h3-7,10H,8H2,1-2H3. The van der Waals surface area contributed by atoms with E-state index in [9.17, 15) is 0 Å². The summed E-state index contributed by atoms with van der Waals surface area (Å²) in [5, 5.41) is 0.783. The number of rotatable bonds is 2. The predicted molar refractivity (Wildman–Crippen MR) is 70.2 cm³/mol. The van der Waals surface area contributed by atoms with Gasteiger partial charge >= 0.3 is 0 Å². The van der Waals surface area contributed by atoms with E-state index in [-0.39, 0.29) is 0 Å². The molecule has 1 aromatic carbocycles. The number of halogens is 2. The zero-order valence-electron chi connectivity index (χ0n) is 8.93. The van der Waals surface area contributed by atoms with Crippen LogP contribution < -0.4 is 0 Å². The number of benzene rings is 1.